The van der Waals surface area contributed by atoms with Gasteiger partial charge in [0.2, 0.25) is 0 Å². The van der Waals surface area contributed by atoms with Crippen LogP contribution in [0.4, 0.5) is 0 Å². The number of rotatable bonds is 5. The predicted molar refractivity (Wildman–Crippen MR) is 75.4 cm³/mol. The van der Waals surface area contributed by atoms with Crippen molar-refractivity contribution in [2.45, 2.75) is 19.4 Å². The van der Waals surface area contributed by atoms with Gasteiger partial charge in [0, 0.05) is 34.9 Å². The van der Waals surface area contributed by atoms with Crippen molar-refractivity contribution in [2.75, 3.05) is 6.54 Å². The van der Waals surface area contributed by atoms with Gasteiger partial charge in [-0.3, -0.25) is 0 Å². The van der Waals surface area contributed by atoms with Crippen LogP contribution in [0.5, 0.6) is 0 Å². The number of hydrogen-bond acceptors (Lipinski definition) is 3. The van der Waals surface area contributed by atoms with Gasteiger partial charge in [0.1, 0.15) is 5.82 Å². The molecule has 0 saturated carbocycles. The molecule has 0 spiro atoms. The quantitative estimate of drug-likeness (QED) is 0.917. The van der Waals surface area contributed by atoms with Gasteiger partial charge in [-0.1, -0.05) is 6.92 Å². The molecule has 1 N–H and O–H groups in total. The molecule has 2 heterocycles. The van der Waals surface area contributed by atoms with Crippen LogP contribution in [0.3, 0.4) is 0 Å². The fourth-order valence-electron chi connectivity index (χ4n) is 1.78. The van der Waals surface area contributed by atoms with Gasteiger partial charge in [-0.15, -0.1) is 0 Å². The highest BCUT2D eigenvalue weighted by atomic mass is 79.9. The second-order valence-corrected chi connectivity index (χ2v) is 5.56. The van der Waals surface area contributed by atoms with E-state index in [9.17, 15) is 0 Å². The van der Waals surface area contributed by atoms with Crippen molar-refractivity contribution in [3.8, 4) is 0 Å². The van der Waals surface area contributed by atoms with Crippen LogP contribution in [0.25, 0.3) is 0 Å². The van der Waals surface area contributed by atoms with Gasteiger partial charge in [0.05, 0.1) is 6.04 Å². The van der Waals surface area contributed by atoms with Crippen LogP contribution >= 0.6 is 27.3 Å². The van der Waals surface area contributed by atoms with Crippen molar-refractivity contribution in [1.29, 1.82) is 0 Å². The lowest BCUT2D eigenvalue weighted by Crippen LogP contribution is -2.25. The molecule has 0 saturated heterocycles. The molecular formula is C12H16BrN3S. The third-order valence-corrected chi connectivity index (χ3v) is 4.42. The largest absolute Gasteiger partial charge is 0.336 e. The van der Waals surface area contributed by atoms with Gasteiger partial charge in [0.15, 0.2) is 0 Å². The van der Waals surface area contributed by atoms with Crippen molar-refractivity contribution < 1.29 is 0 Å². The normalized spacial score (nSPS) is 12.9. The Morgan fingerprint density at radius 2 is 2.35 bits per heavy atom. The van der Waals surface area contributed by atoms with E-state index in [-0.39, 0.29) is 6.04 Å². The molecule has 0 aliphatic carbocycles. The first-order chi connectivity index (χ1) is 8.24. The topological polar surface area (TPSA) is 29.9 Å². The number of aryl methyl sites for hydroxylation is 1. The first-order valence-corrected chi connectivity index (χ1v) is 7.39. The summed E-state index contributed by atoms with van der Waals surface area (Å²) in [6.45, 7) is 3.16. The van der Waals surface area contributed by atoms with Gasteiger partial charge >= 0.3 is 0 Å². The standard InChI is InChI=1S/C12H16BrN3S/c1-3-4-14-11(9-7-17-8-10(9)13)12-15-5-6-16(12)2/h5-8,11,14H,3-4H2,1-2H3. The minimum absolute atomic E-state index is 0.163. The first-order valence-electron chi connectivity index (χ1n) is 5.66. The van der Waals surface area contributed by atoms with E-state index in [0.29, 0.717) is 0 Å². The van der Waals surface area contributed by atoms with E-state index in [0.717, 1.165) is 23.3 Å². The molecule has 0 bridgehead atoms. The third-order valence-electron chi connectivity index (χ3n) is 2.67. The molecule has 3 nitrogen and oxygen atoms in total. The Morgan fingerprint density at radius 3 is 2.88 bits per heavy atom. The highest BCUT2D eigenvalue weighted by molar-refractivity contribution is 9.10. The molecule has 92 valence electrons. The SMILES string of the molecule is CCCNC(c1cscc1Br)c1nccn1C. The molecule has 2 aromatic heterocycles. The zero-order chi connectivity index (χ0) is 12.3. The van der Waals surface area contributed by atoms with E-state index in [1.165, 1.54) is 5.56 Å². The summed E-state index contributed by atoms with van der Waals surface area (Å²) in [5, 5.41) is 7.83. The van der Waals surface area contributed by atoms with E-state index in [1.54, 1.807) is 11.3 Å². The third kappa shape index (κ3) is 2.78. The van der Waals surface area contributed by atoms with Crippen molar-refractivity contribution in [1.82, 2.24) is 14.9 Å². The lowest BCUT2D eigenvalue weighted by molar-refractivity contribution is 0.555. The lowest BCUT2D eigenvalue weighted by atomic mass is 10.1. The van der Waals surface area contributed by atoms with Crippen LogP contribution in [-0.2, 0) is 7.05 Å². The molecule has 2 rings (SSSR count). The Labute approximate surface area is 114 Å². The maximum atomic E-state index is 4.45. The second kappa shape index (κ2) is 5.80. The molecule has 1 atom stereocenters. The molecule has 17 heavy (non-hydrogen) atoms. The smallest absolute Gasteiger partial charge is 0.130 e. The molecule has 5 heteroatoms. The average molecular weight is 314 g/mol. The minimum Gasteiger partial charge on any atom is -0.336 e. The van der Waals surface area contributed by atoms with Gasteiger partial charge in [-0.05, 0) is 34.3 Å². The highest BCUT2D eigenvalue weighted by Gasteiger charge is 2.20. The minimum atomic E-state index is 0.163. The van der Waals surface area contributed by atoms with E-state index in [4.69, 9.17) is 0 Å². The number of imidazole rings is 1. The average Bonchev–Trinajstić information content (AvgIpc) is 2.90. The summed E-state index contributed by atoms with van der Waals surface area (Å²) < 4.78 is 3.22. The molecule has 1 unspecified atom stereocenters. The number of aromatic nitrogens is 2. The number of halogens is 1. The van der Waals surface area contributed by atoms with E-state index in [2.05, 4.69) is 48.5 Å². The molecule has 0 radical (unpaired) electrons. The highest BCUT2D eigenvalue weighted by Crippen LogP contribution is 2.30. The summed E-state index contributed by atoms with van der Waals surface area (Å²) in [5.41, 5.74) is 1.26. The van der Waals surface area contributed by atoms with Gasteiger partial charge in [-0.2, -0.15) is 11.3 Å². The fraction of sp³-hybridized carbons (Fsp3) is 0.417. The molecule has 0 fully saturated rings. The zero-order valence-corrected chi connectivity index (χ0v) is 12.4. The van der Waals surface area contributed by atoms with Crippen molar-refractivity contribution in [3.63, 3.8) is 0 Å². The Hall–Kier alpha value is -0.650. The van der Waals surface area contributed by atoms with Crippen molar-refractivity contribution in [2.24, 2.45) is 7.05 Å². The number of hydrogen-bond donors (Lipinski definition) is 1. The summed E-state index contributed by atoms with van der Waals surface area (Å²) in [7, 11) is 2.03. The Balaban J connectivity index is 2.32. The van der Waals surface area contributed by atoms with E-state index in [1.807, 2.05) is 19.4 Å². The second-order valence-electron chi connectivity index (χ2n) is 3.96. The molecular weight excluding hydrogens is 298 g/mol. The summed E-state index contributed by atoms with van der Waals surface area (Å²) >= 11 is 5.31. The number of nitrogens with zero attached hydrogens (tertiary/aromatic N) is 2. The maximum Gasteiger partial charge on any atom is 0.130 e. The Morgan fingerprint density at radius 1 is 1.53 bits per heavy atom. The summed E-state index contributed by atoms with van der Waals surface area (Å²) in [5.74, 6) is 1.05. The molecule has 0 aliphatic heterocycles. The van der Waals surface area contributed by atoms with Gasteiger partial charge in [-0.25, -0.2) is 4.98 Å². The zero-order valence-electron chi connectivity index (χ0n) is 9.98. The van der Waals surface area contributed by atoms with E-state index >= 15 is 0 Å². The van der Waals surface area contributed by atoms with Crippen LogP contribution in [-0.4, -0.2) is 16.1 Å². The monoisotopic (exact) mass is 313 g/mol. The van der Waals surface area contributed by atoms with Gasteiger partial charge < -0.3 is 9.88 Å². The predicted octanol–water partition coefficient (Wildman–Crippen LogP) is 3.33. The lowest BCUT2D eigenvalue weighted by Gasteiger charge is -2.18. The number of thiophene rings is 1. The van der Waals surface area contributed by atoms with Crippen LogP contribution in [0.1, 0.15) is 30.8 Å². The molecule has 2 aromatic rings. The summed E-state index contributed by atoms with van der Waals surface area (Å²) in [4.78, 5) is 4.45. The Bertz CT molecular complexity index is 437. The van der Waals surface area contributed by atoms with Crippen molar-refractivity contribution in [3.05, 3.63) is 39.0 Å². The summed E-state index contributed by atoms with van der Waals surface area (Å²) in [6.07, 6.45) is 4.94. The van der Waals surface area contributed by atoms with Crippen molar-refractivity contribution >= 4 is 27.3 Å². The van der Waals surface area contributed by atoms with E-state index < -0.39 is 0 Å². The molecule has 0 amide bonds. The fourth-order valence-corrected chi connectivity index (χ4v) is 3.33. The van der Waals surface area contributed by atoms with Crippen LogP contribution in [0, 0.1) is 0 Å². The Kier molecular flexibility index (Phi) is 4.36. The number of nitrogens with one attached hydrogen (secondary N) is 1. The van der Waals surface area contributed by atoms with Crippen LogP contribution in [0.2, 0.25) is 0 Å². The van der Waals surface area contributed by atoms with Gasteiger partial charge in [0.25, 0.3) is 0 Å². The maximum absolute atomic E-state index is 4.45. The van der Waals surface area contributed by atoms with Crippen LogP contribution in [0.15, 0.2) is 27.6 Å². The summed E-state index contributed by atoms with van der Waals surface area (Å²) in [6, 6.07) is 0.163. The van der Waals surface area contributed by atoms with Crippen LogP contribution < -0.4 is 5.32 Å². The molecule has 0 aliphatic rings. The molecule has 0 aromatic carbocycles. The first kappa shape index (κ1) is 12.8.